The fourth-order valence-electron chi connectivity index (χ4n) is 6.45. The zero-order valence-electron chi connectivity index (χ0n) is 23.5. The summed E-state index contributed by atoms with van der Waals surface area (Å²) in [4.78, 5) is 55.6. The number of pyridine rings is 1. The molecule has 0 spiro atoms. The summed E-state index contributed by atoms with van der Waals surface area (Å²) in [6, 6.07) is 6.21. The topological polar surface area (TPSA) is 141 Å². The highest BCUT2D eigenvalue weighted by atomic mass is 16.5. The summed E-state index contributed by atoms with van der Waals surface area (Å²) >= 11 is 0. The molecule has 5 heterocycles. The Morgan fingerprint density at radius 3 is 2.58 bits per heavy atom. The van der Waals surface area contributed by atoms with Gasteiger partial charge in [-0.1, -0.05) is 0 Å². The van der Waals surface area contributed by atoms with E-state index in [1.54, 1.807) is 18.2 Å². The van der Waals surface area contributed by atoms with Gasteiger partial charge in [-0.05, 0) is 62.3 Å². The molecule has 1 aromatic carbocycles. The monoisotopic (exact) mass is 579 g/mol. The van der Waals surface area contributed by atoms with E-state index < -0.39 is 29.7 Å². The number of hydrogen-bond donors (Lipinski definition) is 1. The number of carbonyl (C=O) groups is 4. The number of piperidine rings is 1. The summed E-state index contributed by atoms with van der Waals surface area (Å²) in [6.45, 7) is 0.483. The second-order valence-corrected chi connectivity index (χ2v) is 12.0. The van der Waals surface area contributed by atoms with Crippen LogP contribution in [0.2, 0.25) is 0 Å². The van der Waals surface area contributed by atoms with Gasteiger partial charge in [-0.15, -0.1) is 0 Å². The van der Waals surface area contributed by atoms with Gasteiger partial charge >= 0.3 is 0 Å². The average Bonchev–Trinajstić information content (AvgIpc) is 3.56. The van der Waals surface area contributed by atoms with Crippen molar-refractivity contribution in [2.45, 2.75) is 56.5 Å². The molecule has 4 aromatic rings. The zero-order valence-corrected chi connectivity index (χ0v) is 23.5. The minimum absolute atomic E-state index is 0.0836. The molecule has 2 aliphatic carbocycles. The second kappa shape index (κ2) is 9.58. The first-order chi connectivity index (χ1) is 20.8. The van der Waals surface area contributed by atoms with E-state index in [0.29, 0.717) is 24.2 Å². The Bertz CT molecular complexity index is 1850. The number of amides is 4. The molecule has 12 nitrogen and oxygen atoms in total. The van der Waals surface area contributed by atoms with Gasteiger partial charge in [0.2, 0.25) is 11.8 Å². The van der Waals surface area contributed by atoms with Crippen molar-refractivity contribution in [2.24, 2.45) is 13.0 Å². The van der Waals surface area contributed by atoms with E-state index in [2.05, 4.69) is 27.4 Å². The van der Waals surface area contributed by atoms with Crippen LogP contribution >= 0.6 is 0 Å². The Balaban J connectivity index is 0.925. The number of benzene rings is 1. The molecule has 1 saturated heterocycles. The van der Waals surface area contributed by atoms with Gasteiger partial charge in [-0.25, -0.2) is 0 Å². The number of ether oxygens (including phenoxy) is 1. The molecule has 8 rings (SSSR count). The summed E-state index contributed by atoms with van der Waals surface area (Å²) in [5.41, 5.74) is 4.63. The molecular weight excluding hydrogens is 550 g/mol. The highest BCUT2D eigenvalue weighted by Crippen LogP contribution is 2.46. The maximum Gasteiger partial charge on any atom is 0.262 e. The van der Waals surface area contributed by atoms with E-state index >= 15 is 0 Å². The molecule has 4 amide bonds. The molecule has 1 N–H and O–H groups in total. The highest BCUT2D eigenvalue weighted by molar-refractivity contribution is 6.23. The summed E-state index contributed by atoms with van der Waals surface area (Å²) in [6.07, 6.45) is 10.2. The number of nitrogens with one attached hydrogen (secondary N) is 1. The minimum atomic E-state index is -0.988. The maximum absolute atomic E-state index is 13.1. The number of fused-ring (bicyclic) bond motifs is 2. The van der Waals surface area contributed by atoms with Crippen LogP contribution in [-0.2, 0) is 16.6 Å². The molecule has 2 saturated carbocycles. The molecule has 43 heavy (non-hydrogen) atoms. The molecule has 2 aliphatic heterocycles. The van der Waals surface area contributed by atoms with Crippen LogP contribution in [0.15, 0.2) is 42.9 Å². The third kappa shape index (κ3) is 4.31. The number of aromatic nitrogens is 5. The van der Waals surface area contributed by atoms with E-state index in [1.807, 2.05) is 24.1 Å². The molecule has 1 atom stereocenters. The highest BCUT2D eigenvalue weighted by Gasteiger charge is 2.45. The van der Waals surface area contributed by atoms with E-state index in [9.17, 15) is 19.2 Å². The summed E-state index contributed by atoms with van der Waals surface area (Å²) in [7, 11) is 1.93. The number of carbonyl (C=O) groups excluding carboxylic acids is 4. The van der Waals surface area contributed by atoms with E-state index in [0.717, 1.165) is 58.4 Å². The average molecular weight is 580 g/mol. The summed E-state index contributed by atoms with van der Waals surface area (Å²) in [5.74, 6) is -0.772. The van der Waals surface area contributed by atoms with Crippen LogP contribution in [0.3, 0.4) is 0 Å². The SMILES string of the molecule is Cn1ncc2cnc(-c3cn(C4CC(COc5ccc6c(c5)C(=O)N(C5CCC(=O)NC5=O)C6=O)C4)nc3C3CC3)cc21. The van der Waals surface area contributed by atoms with Crippen LogP contribution in [0.4, 0.5) is 0 Å². The summed E-state index contributed by atoms with van der Waals surface area (Å²) in [5, 5.41) is 12.6. The fraction of sp³-hybridized carbons (Fsp3) is 0.387. The Hall–Kier alpha value is -4.87. The maximum atomic E-state index is 13.1. The molecule has 1 unspecified atom stereocenters. The van der Waals surface area contributed by atoms with E-state index in [4.69, 9.17) is 14.8 Å². The zero-order chi connectivity index (χ0) is 29.4. The molecule has 4 aliphatic rings. The number of nitrogens with zero attached hydrogens (tertiary/aromatic N) is 6. The Morgan fingerprint density at radius 1 is 0.977 bits per heavy atom. The molecule has 12 heteroatoms. The Morgan fingerprint density at radius 2 is 1.79 bits per heavy atom. The number of rotatable bonds is 7. The van der Waals surface area contributed by atoms with Gasteiger partial charge in [0.25, 0.3) is 11.8 Å². The summed E-state index contributed by atoms with van der Waals surface area (Å²) < 4.78 is 10.0. The van der Waals surface area contributed by atoms with Gasteiger partial charge in [0.1, 0.15) is 11.8 Å². The minimum Gasteiger partial charge on any atom is -0.493 e. The van der Waals surface area contributed by atoms with Gasteiger partial charge < -0.3 is 4.74 Å². The molecule has 3 aromatic heterocycles. The molecule has 0 radical (unpaired) electrons. The van der Waals surface area contributed by atoms with Crippen molar-refractivity contribution in [1.82, 2.24) is 34.8 Å². The van der Waals surface area contributed by atoms with Crippen molar-refractivity contribution in [1.29, 1.82) is 0 Å². The molecular formula is C31H29N7O5. The first kappa shape index (κ1) is 25.8. The van der Waals surface area contributed by atoms with Crippen LogP contribution in [-0.4, -0.2) is 65.7 Å². The standard InChI is InChI=1S/C31H29N7O5/c1-36-26-11-24(32-12-18(26)13-33-36)23-14-37(35-28(23)17-2-3-17)19-8-16(9-19)15-43-20-4-5-21-22(10-20)31(42)38(30(21)41)25-6-7-27(39)34-29(25)40/h4-5,10-14,16-17,19,25H,2-3,6-9,15H2,1H3,(H,34,39,40). The van der Waals surface area contributed by atoms with Crippen LogP contribution in [0, 0.1) is 5.92 Å². The lowest BCUT2D eigenvalue weighted by Gasteiger charge is -2.35. The molecule has 3 fully saturated rings. The Kier molecular flexibility index (Phi) is 5.75. The predicted molar refractivity (Wildman–Crippen MR) is 152 cm³/mol. The predicted octanol–water partition coefficient (Wildman–Crippen LogP) is 3.14. The molecule has 0 bridgehead atoms. The van der Waals surface area contributed by atoms with E-state index in [-0.39, 0.29) is 30.0 Å². The quantitative estimate of drug-likeness (QED) is 0.329. The first-order valence-electron chi connectivity index (χ1n) is 14.7. The van der Waals surface area contributed by atoms with Crippen LogP contribution in [0.5, 0.6) is 5.75 Å². The normalized spacial score (nSPS) is 23.5. The van der Waals surface area contributed by atoms with Gasteiger partial charge in [-0.3, -0.25) is 43.7 Å². The van der Waals surface area contributed by atoms with Gasteiger partial charge in [-0.2, -0.15) is 10.2 Å². The van der Waals surface area contributed by atoms with Gasteiger partial charge in [0, 0.05) is 42.7 Å². The van der Waals surface area contributed by atoms with Crippen molar-refractivity contribution < 1.29 is 23.9 Å². The number of aryl methyl sites for hydroxylation is 1. The third-order valence-corrected chi connectivity index (χ3v) is 9.11. The van der Waals surface area contributed by atoms with Crippen molar-refractivity contribution in [3.8, 4) is 17.0 Å². The lowest BCUT2D eigenvalue weighted by molar-refractivity contribution is -0.136. The van der Waals surface area contributed by atoms with Crippen LogP contribution in [0.1, 0.15) is 76.9 Å². The van der Waals surface area contributed by atoms with Crippen LogP contribution in [0.25, 0.3) is 22.2 Å². The Labute approximate surface area is 246 Å². The van der Waals surface area contributed by atoms with Crippen molar-refractivity contribution in [3.63, 3.8) is 0 Å². The smallest absolute Gasteiger partial charge is 0.262 e. The lowest BCUT2D eigenvalue weighted by Crippen LogP contribution is -2.54. The number of hydrogen-bond acceptors (Lipinski definition) is 8. The fourth-order valence-corrected chi connectivity index (χ4v) is 6.45. The number of imide groups is 2. The van der Waals surface area contributed by atoms with Crippen molar-refractivity contribution >= 4 is 34.5 Å². The third-order valence-electron chi connectivity index (χ3n) is 9.11. The lowest BCUT2D eigenvalue weighted by atomic mass is 9.81. The van der Waals surface area contributed by atoms with Gasteiger partial charge in [0.05, 0.1) is 46.9 Å². The van der Waals surface area contributed by atoms with E-state index in [1.165, 1.54) is 0 Å². The second-order valence-electron chi connectivity index (χ2n) is 12.0. The van der Waals surface area contributed by atoms with Gasteiger partial charge in [0.15, 0.2) is 0 Å². The van der Waals surface area contributed by atoms with Crippen molar-refractivity contribution in [2.75, 3.05) is 6.61 Å². The largest absolute Gasteiger partial charge is 0.493 e. The molecule has 218 valence electrons. The van der Waals surface area contributed by atoms with Crippen LogP contribution < -0.4 is 10.1 Å². The van der Waals surface area contributed by atoms with Crippen molar-refractivity contribution in [3.05, 3.63) is 59.7 Å². The first-order valence-corrected chi connectivity index (χ1v) is 14.7.